The Kier molecular flexibility index (Phi) is 35.3. The molecule has 2 radical (unpaired) electrons. The van der Waals surface area contributed by atoms with Gasteiger partial charge in [0.2, 0.25) is 0 Å². The van der Waals surface area contributed by atoms with Gasteiger partial charge in [-0.2, -0.15) is 0 Å². The van der Waals surface area contributed by atoms with Gasteiger partial charge >= 0.3 is 0 Å². The van der Waals surface area contributed by atoms with E-state index in [-0.39, 0.29) is 48.0 Å². The van der Waals surface area contributed by atoms with Crippen molar-refractivity contribution in [3.8, 4) is 0 Å². The topological polar surface area (TPSA) is 0 Å². The molecule has 7 heavy (non-hydrogen) atoms. The number of hydrogen-bond donors (Lipinski definition) is 0. The lowest BCUT2D eigenvalue weighted by Gasteiger charge is -1.79. The van der Waals surface area contributed by atoms with Crippen molar-refractivity contribution in [1.82, 2.24) is 0 Å². The molecule has 0 aliphatic heterocycles. The van der Waals surface area contributed by atoms with Gasteiger partial charge < -0.3 is 0 Å². The Hall–Kier alpha value is 1.52. The fourth-order valence-electron chi connectivity index (χ4n) is 0.204. The highest BCUT2D eigenvalue weighted by molar-refractivity contribution is 14.0. The summed E-state index contributed by atoms with van der Waals surface area (Å²) < 4.78 is 0. The van der Waals surface area contributed by atoms with E-state index >= 15 is 0 Å². The molecule has 0 nitrogen and oxygen atoms in total. The van der Waals surface area contributed by atoms with Crippen molar-refractivity contribution in [2.45, 2.75) is 26.1 Å². The van der Waals surface area contributed by atoms with Gasteiger partial charge in [0.25, 0.3) is 0 Å². The summed E-state index contributed by atoms with van der Waals surface area (Å²) in [5, 5.41) is 0. The molecule has 0 aromatic carbocycles. The second kappa shape index (κ2) is 15.6. The lowest BCUT2D eigenvalue weighted by molar-refractivity contribution is 0.884. The standard InChI is InChI=1S/C4H9B.2HI/c1-2-3-4-5;;/h2-4H2,1H3;2*1H. The third-order valence-electron chi connectivity index (χ3n) is 0.558. The molecule has 0 saturated heterocycles. The minimum atomic E-state index is 0. The second-order valence-corrected chi connectivity index (χ2v) is 1.14. The average molecular weight is 324 g/mol. The summed E-state index contributed by atoms with van der Waals surface area (Å²) in [4.78, 5) is 0. The molecular formula is C4H11BI2. The Morgan fingerprint density at radius 2 is 1.71 bits per heavy atom. The Labute approximate surface area is 81.3 Å². The van der Waals surface area contributed by atoms with Crippen LogP contribution < -0.4 is 0 Å². The first-order valence-corrected chi connectivity index (χ1v) is 2.12. The van der Waals surface area contributed by atoms with Crippen LogP contribution in [-0.4, -0.2) is 7.85 Å². The second-order valence-electron chi connectivity index (χ2n) is 1.14. The van der Waals surface area contributed by atoms with E-state index in [9.17, 15) is 0 Å². The maximum atomic E-state index is 5.14. The minimum Gasteiger partial charge on any atom is -0.107 e. The predicted molar refractivity (Wildman–Crippen MR) is 56.3 cm³/mol. The van der Waals surface area contributed by atoms with Gasteiger partial charge in [0.15, 0.2) is 0 Å². The Balaban J connectivity index is -0.0000000800. The summed E-state index contributed by atoms with van der Waals surface area (Å²) in [5.41, 5.74) is 0. The zero-order chi connectivity index (χ0) is 4.12. The number of halogens is 2. The largest absolute Gasteiger partial charge is 0.107 e. The smallest absolute Gasteiger partial charge is 0.0652 e. The number of hydrogen-bond acceptors (Lipinski definition) is 0. The Morgan fingerprint density at radius 3 is 1.71 bits per heavy atom. The molecule has 0 amide bonds. The monoisotopic (exact) mass is 324 g/mol. The van der Waals surface area contributed by atoms with E-state index in [1.165, 1.54) is 12.8 Å². The molecule has 44 valence electrons. The third-order valence-corrected chi connectivity index (χ3v) is 0.558. The number of rotatable bonds is 2. The average Bonchev–Trinajstić information content (AvgIpc) is 1.41. The normalized spacial score (nSPS) is 5.86. The van der Waals surface area contributed by atoms with Gasteiger partial charge in [0.1, 0.15) is 0 Å². The molecule has 0 aliphatic rings. The van der Waals surface area contributed by atoms with Crippen LogP contribution >= 0.6 is 48.0 Å². The zero-order valence-electron chi connectivity index (χ0n) is 4.52. The van der Waals surface area contributed by atoms with E-state index in [4.69, 9.17) is 7.85 Å². The molecule has 0 heterocycles. The van der Waals surface area contributed by atoms with E-state index in [0.717, 1.165) is 6.32 Å². The first kappa shape index (κ1) is 15.8. The maximum Gasteiger partial charge on any atom is 0.0652 e. The molecule has 0 N–H and O–H groups in total. The molecule has 0 unspecified atom stereocenters. The van der Waals surface area contributed by atoms with E-state index < -0.39 is 0 Å². The van der Waals surface area contributed by atoms with Gasteiger partial charge in [-0.25, -0.2) is 0 Å². The third kappa shape index (κ3) is 18.5. The summed E-state index contributed by atoms with van der Waals surface area (Å²) in [6, 6.07) is 0. The van der Waals surface area contributed by atoms with Crippen LogP contribution in [0.2, 0.25) is 6.32 Å². The van der Waals surface area contributed by atoms with Gasteiger partial charge in [0, 0.05) is 0 Å². The maximum absolute atomic E-state index is 5.14. The molecule has 0 aromatic rings. The van der Waals surface area contributed by atoms with E-state index in [1.54, 1.807) is 0 Å². The van der Waals surface area contributed by atoms with Crippen LogP contribution in [0.1, 0.15) is 19.8 Å². The summed E-state index contributed by atoms with van der Waals surface area (Å²) >= 11 is 0. The van der Waals surface area contributed by atoms with Gasteiger partial charge in [-0.3, -0.25) is 0 Å². The summed E-state index contributed by atoms with van der Waals surface area (Å²) in [5.74, 6) is 0. The van der Waals surface area contributed by atoms with Crippen molar-refractivity contribution in [3.63, 3.8) is 0 Å². The van der Waals surface area contributed by atoms with Crippen molar-refractivity contribution in [3.05, 3.63) is 0 Å². The Morgan fingerprint density at radius 1 is 1.29 bits per heavy atom. The highest BCUT2D eigenvalue weighted by atomic mass is 127. The Bertz CT molecular complexity index is 17.2. The fraction of sp³-hybridized carbons (Fsp3) is 1.00. The van der Waals surface area contributed by atoms with Gasteiger partial charge in [-0.1, -0.05) is 26.1 Å². The molecule has 0 fully saturated rings. The predicted octanol–water partition coefficient (Wildman–Crippen LogP) is 2.61. The highest BCUT2D eigenvalue weighted by Crippen LogP contribution is 1.86. The first-order valence-electron chi connectivity index (χ1n) is 2.12. The minimum absolute atomic E-state index is 0. The molecule has 0 aromatic heterocycles. The number of unbranched alkanes of at least 4 members (excludes halogenated alkanes) is 1. The molecule has 0 rings (SSSR count). The summed E-state index contributed by atoms with van der Waals surface area (Å²) in [7, 11) is 5.14. The zero-order valence-corrected chi connectivity index (χ0v) is 9.18. The van der Waals surface area contributed by atoms with Crippen molar-refractivity contribution >= 4 is 55.8 Å². The van der Waals surface area contributed by atoms with Crippen LogP contribution in [0.15, 0.2) is 0 Å². The van der Waals surface area contributed by atoms with Crippen molar-refractivity contribution < 1.29 is 0 Å². The van der Waals surface area contributed by atoms with Crippen LogP contribution in [0, 0.1) is 0 Å². The van der Waals surface area contributed by atoms with Crippen molar-refractivity contribution in [2.75, 3.05) is 0 Å². The molecule has 0 bridgehead atoms. The van der Waals surface area contributed by atoms with Crippen LogP contribution in [0.25, 0.3) is 0 Å². The lowest BCUT2D eigenvalue weighted by atomic mass is 10.0. The van der Waals surface area contributed by atoms with Crippen LogP contribution in [-0.2, 0) is 0 Å². The molecule has 0 atom stereocenters. The molecule has 0 aliphatic carbocycles. The van der Waals surface area contributed by atoms with Gasteiger partial charge in [0.05, 0.1) is 7.85 Å². The van der Waals surface area contributed by atoms with Crippen molar-refractivity contribution in [2.24, 2.45) is 0 Å². The van der Waals surface area contributed by atoms with Gasteiger partial charge in [-0.15, -0.1) is 48.0 Å². The SMILES string of the molecule is I.I.[B]CCCC. The molecule has 0 saturated carbocycles. The highest BCUT2D eigenvalue weighted by Gasteiger charge is 1.68. The first-order chi connectivity index (χ1) is 2.41. The molecule has 3 heteroatoms. The van der Waals surface area contributed by atoms with Crippen LogP contribution in [0.5, 0.6) is 0 Å². The van der Waals surface area contributed by atoms with Crippen LogP contribution in [0.3, 0.4) is 0 Å². The van der Waals surface area contributed by atoms with Crippen LogP contribution in [0.4, 0.5) is 0 Å². The fourth-order valence-corrected chi connectivity index (χ4v) is 0.204. The quantitative estimate of drug-likeness (QED) is 0.541. The van der Waals surface area contributed by atoms with E-state index in [1.807, 2.05) is 0 Å². The molecular weight excluding hydrogens is 313 g/mol. The van der Waals surface area contributed by atoms with E-state index in [2.05, 4.69) is 6.92 Å². The summed E-state index contributed by atoms with van der Waals surface area (Å²) in [6.07, 6.45) is 3.23. The van der Waals surface area contributed by atoms with Crippen molar-refractivity contribution in [1.29, 1.82) is 0 Å². The lowest BCUT2D eigenvalue weighted by Crippen LogP contribution is -1.63. The summed E-state index contributed by atoms with van der Waals surface area (Å²) in [6.45, 7) is 2.13. The molecule has 0 spiro atoms. The van der Waals surface area contributed by atoms with Gasteiger partial charge in [-0.05, 0) is 0 Å². The van der Waals surface area contributed by atoms with E-state index in [0.29, 0.717) is 0 Å².